The van der Waals surface area contributed by atoms with Crippen LogP contribution in [0.1, 0.15) is 62.6 Å². The van der Waals surface area contributed by atoms with Gasteiger partial charge in [0.15, 0.2) is 0 Å². The summed E-state index contributed by atoms with van der Waals surface area (Å²) in [6.07, 6.45) is 5.45. The third kappa shape index (κ3) is 5.09. The van der Waals surface area contributed by atoms with Crippen LogP contribution in [0.5, 0.6) is 0 Å². The van der Waals surface area contributed by atoms with Crippen LogP contribution in [0.4, 0.5) is 0 Å². The molecule has 0 spiro atoms. The Morgan fingerprint density at radius 1 is 1.19 bits per heavy atom. The molecule has 0 aromatic heterocycles. The maximum atomic E-state index is 12.8. The molecule has 7 heteroatoms. The number of amides is 1. The van der Waals surface area contributed by atoms with E-state index in [1.165, 1.54) is 0 Å². The van der Waals surface area contributed by atoms with E-state index >= 15 is 0 Å². The summed E-state index contributed by atoms with van der Waals surface area (Å²) in [7, 11) is -3.47. The Morgan fingerprint density at radius 2 is 1.85 bits per heavy atom. The second kappa shape index (κ2) is 8.71. The van der Waals surface area contributed by atoms with Crippen LogP contribution in [0, 0.1) is 5.92 Å². The molecule has 1 aromatic carbocycles. The van der Waals surface area contributed by atoms with E-state index in [0.717, 1.165) is 43.2 Å². The van der Waals surface area contributed by atoms with E-state index in [1.807, 2.05) is 31.2 Å². The molecule has 1 aromatic rings. The lowest BCUT2D eigenvalue weighted by molar-refractivity contribution is -0.136. The summed E-state index contributed by atoms with van der Waals surface area (Å²) in [5.41, 5.74) is 7.77. The van der Waals surface area contributed by atoms with Crippen LogP contribution in [0.25, 0.3) is 0 Å². The summed E-state index contributed by atoms with van der Waals surface area (Å²) in [4.78, 5) is 14.4. The Labute approximate surface area is 162 Å². The van der Waals surface area contributed by atoms with Crippen LogP contribution in [0.3, 0.4) is 0 Å². The van der Waals surface area contributed by atoms with Gasteiger partial charge in [0.05, 0.1) is 5.25 Å². The molecule has 1 aliphatic heterocycles. The number of benzene rings is 1. The number of nitrogens with one attached hydrogen (secondary N) is 1. The molecule has 3 N–H and O–H groups in total. The number of rotatable bonds is 6. The predicted octanol–water partition coefficient (Wildman–Crippen LogP) is 2.31. The van der Waals surface area contributed by atoms with Gasteiger partial charge in [0.1, 0.15) is 0 Å². The van der Waals surface area contributed by atoms with Gasteiger partial charge < -0.3 is 10.6 Å². The molecule has 1 saturated heterocycles. The topological polar surface area (TPSA) is 92.5 Å². The molecule has 2 unspecified atom stereocenters. The van der Waals surface area contributed by atoms with Crippen molar-refractivity contribution in [1.82, 2.24) is 9.62 Å². The Balaban J connectivity index is 1.57. The first kappa shape index (κ1) is 20.3. The summed E-state index contributed by atoms with van der Waals surface area (Å²) in [6, 6.07) is 7.62. The minimum atomic E-state index is -3.47. The maximum absolute atomic E-state index is 12.8. The number of carbonyl (C=O) groups is 1. The molecule has 2 aliphatic rings. The number of likely N-dealkylation sites (tertiary alicyclic amines) is 1. The third-order valence-electron chi connectivity index (χ3n) is 5.82. The van der Waals surface area contributed by atoms with E-state index in [0.29, 0.717) is 19.5 Å². The van der Waals surface area contributed by atoms with Crippen molar-refractivity contribution in [2.75, 3.05) is 13.1 Å². The minimum Gasteiger partial charge on any atom is -0.341 e. The van der Waals surface area contributed by atoms with E-state index < -0.39 is 15.3 Å². The van der Waals surface area contributed by atoms with Crippen molar-refractivity contribution in [2.45, 2.75) is 63.3 Å². The smallest absolute Gasteiger partial charge is 0.225 e. The lowest BCUT2D eigenvalue weighted by Gasteiger charge is -2.34. The van der Waals surface area contributed by atoms with Gasteiger partial charge >= 0.3 is 0 Å². The fraction of sp³-hybridized carbons (Fsp3) is 0.650. The Kier molecular flexibility index (Phi) is 6.55. The van der Waals surface area contributed by atoms with Gasteiger partial charge in [-0.05, 0) is 43.7 Å². The number of hydrogen-bond donors (Lipinski definition) is 2. The lowest BCUT2D eigenvalue weighted by atomic mass is 10.0. The summed E-state index contributed by atoms with van der Waals surface area (Å²) in [5, 5.41) is -0.528. The van der Waals surface area contributed by atoms with Gasteiger partial charge in [0.2, 0.25) is 15.9 Å². The zero-order valence-corrected chi connectivity index (χ0v) is 16.9. The zero-order valence-electron chi connectivity index (χ0n) is 16.1. The van der Waals surface area contributed by atoms with Crippen molar-refractivity contribution >= 4 is 15.9 Å². The minimum absolute atomic E-state index is 0.0404. The normalized spacial score (nSPS) is 22.7. The molecule has 0 bridgehead atoms. The number of carbonyl (C=O) groups excluding carboxylic acids is 1. The monoisotopic (exact) mass is 393 g/mol. The average molecular weight is 394 g/mol. The number of piperidine rings is 1. The standard InChI is InChI=1S/C20H31N3O3S/c1-15(21)17-10-8-16(9-11-17)13-22-27(25,26)19-7-4-12-23(14-19)20(24)18-5-2-3-6-18/h8-11,15,18-19,22H,2-7,12-14,21H2,1H3. The largest absolute Gasteiger partial charge is 0.341 e. The quantitative estimate of drug-likeness (QED) is 0.776. The fourth-order valence-electron chi connectivity index (χ4n) is 4.06. The number of sulfonamides is 1. The highest BCUT2D eigenvalue weighted by molar-refractivity contribution is 7.90. The van der Waals surface area contributed by atoms with Crippen LogP contribution in [0.15, 0.2) is 24.3 Å². The van der Waals surface area contributed by atoms with E-state index in [9.17, 15) is 13.2 Å². The van der Waals surface area contributed by atoms with Gasteiger partial charge in [0.25, 0.3) is 0 Å². The third-order valence-corrected chi connectivity index (χ3v) is 7.63. The highest BCUT2D eigenvalue weighted by Gasteiger charge is 2.35. The van der Waals surface area contributed by atoms with Gasteiger partial charge in [-0.1, -0.05) is 37.1 Å². The van der Waals surface area contributed by atoms with Gasteiger partial charge in [-0.25, -0.2) is 13.1 Å². The molecule has 6 nitrogen and oxygen atoms in total. The molecule has 2 atom stereocenters. The predicted molar refractivity (Wildman–Crippen MR) is 106 cm³/mol. The van der Waals surface area contributed by atoms with E-state index in [1.54, 1.807) is 4.90 Å². The number of nitrogens with two attached hydrogens (primary N) is 1. The summed E-state index contributed by atoms with van der Waals surface area (Å²) in [6.45, 7) is 3.17. The fourth-order valence-corrected chi connectivity index (χ4v) is 5.52. The molecule has 1 heterocycles. The summed E-state index contributed by atoms with van der Waals surface area (Å²) < 4.78 is 28.2. The summed E-state index contributed by atoms with van der Waals surface area (Å²) >= 11 is 0. The molecule has 150 valence electrons. The lowest BCUT2D eigenvalue weighted by Crippen LogP contribution is -2.49. The van der Waals surface area contributed by atoms with Crippen LogP contribution in [-0.4, -0.2) is 37.6 Å². The number of hydrogen-bond acceptors (Lipinski definition) is 4. The first-order valence-corrected chi connectivity index (χ1v) is 11.5. The Bertz CT molecular complexity index is 740. The molecule has 0 radical (unpaired) electrons. The SMILES string of the molecule is CC(N)c1ccc(CNS(=O)(=O)C2CCCN(C(=O)C3CCCC3)C2)cc1. The second-order valence-corrected chi connectivity index (χ2v) is 9.97. The first-order valence-electron chi connectivity index (χ1n) is 9.98. The van der Waals surface area contributed by atoms with Crippen molar-refractivity contribution in [3.05, 3.63) is 35.4 Å². The molecule has 2 fully saturated rings. The van der Waals surface area contributed by atoms with E-state index in [2.05, 4.69) is 4.72 Å². The van der Waals surface area contributed by atoms with Gasteiger partial charge in [-0.2, -0.15) is 0 Å². The van der Waals surface area contributed by atoms with Crippen LogP contribution < -0.4 is 10.5 Å². The van der Waals surface area contributed by atoms with E-state index in [4.69, 9.17) is 5.73 Å². The molecular weight excluding hydrogens is 362 g/mol. The molecule has 27 heavy (non-hydrogen) atoms. The average Bonchev–Trinajstić information content (AvgIpc) is 3.21. The van der Waals surface area contributed by atoms with Crippen LogP contribution >= 0.6 is 0 Å². The Hall–Kier alpha value is -1.44. The highest BCUT2D eigenvalue weighted by Crippen LogP contribution is 2.28. The van der Waals surface area contributed by atoms with E-state index in [-0.39, 0.29) is 24.4 Å². The number of nitrogens with zero attached hydrogens (tertiary/aromatic N) is 1. The molecular formula is C20H31N3O3S. The van der Waals surface area contributed by atoms with Crippen LogP contribution in [-0.2, 0) is 21.4 Å². The van der Waals surface area contributed by atoms with Crippen molar-refractivity contribution in [3.63, 3.8) is 0 Å². The van der Waals surface area contributed by atoms with Crippen molar-refractivity contribution < 1.29 is 13.2 Å². The Morgan fingerprint density at radius 3 is 2.48 bits per heavy atom. The van der Waals surface area contributed by atoms with Gasteiger partial charge in [-0.15, -0.1) is 0 Å². The first-order chi connectivity index (χ1) is 12.9. The van der Waals surface area contributed by atoms with Gasteiger partial charge in [-0.3, -0.25) is 4.79 Å². The van der Waals surface area contributed by atoms with Crippen molar-refractivity contribution in [3.8, 4) is 0 Å². The molecule has 1 saturated carbocycles. The molecule has 3 rings (SSSR count). The second-order valence-electron chi connectivity index (χ2n) is 7.93. The van der Waals surface area contributed by atoms with Crippen molar-refractivity contribution in [1.29, 1.82) is 0 Å². The van der Waals surface area contributed by atoms with Gasteiger partial charge in [0, 0.05) is 31.6 Å². The molecule has 1 amide bonds. The highest BCUT2D eigenvalue weighted by atomic mass is 32.2. The summed E-state index contributed by atoms with van der Waals surface area (Å²) in [5.74, 6) is 0.252. The molecule has 1 aliphatic carbocycles. The maximum Gasteiger partial charge on any atom is 0.225 e. The van der Waals surface area contributed by atoms with Crippen LogP contribution in [0.2, 0.25) is 0 Å². The van der Waals surface area contributed by atoms with Crippen molar-refractivity contribution in [2.24, 2.45) is 11.7 Å². The zero-order chi connectivity index (χ0) is 19.4.